The van der Waals surface area contributed by atoms with Gasteiger partial charge in [-0.05, 0) is 0 Å². The number of nitrogens with zero attached hydrogens (tertiary/aromatic N) is 2. The second-order valence-corrected chi connectivity index (χ2v) is 3.12. The summed E-state index contributed by atoms with van der Waals surface area (Å²) in [5, 5.41) is 0.956. The maximum atomic E-state index is 11.2. The molecule has 0 aromatic rings. The van der Waals surface area contributed by atoms with Gasteiger partial charge in [-0.3, -0.25) is 20.2 Å². The lowest BCUT2D eigenvalue weighted by Gasteiger charge is -2.31. The smallest absolute Gasteiger partial charge is 0.259 e. The van der Waals surface area contributed by atoms with Crippen molar-refractivity contribution in [3.05, 3.63) is 0 Å². The van der Waals surface area contributed by atoms with E-state index in [1.165, 1.54) is 4.90 Å². The Balaban J connectivity index is 2.37. The van der Waals surface area contributed by atoms with E-state index in [4.69, 9.17) is 11.6 Å². The van der Waals surface area contributed by atoms with Crippen molar-refractivity contribution in [2.24, 2.45) is 11.6 Å². The van der Waals surface area contributed by atoms with Crippen molar-refractivity contribution < 1.29 is 9.59 Å². The van der Waals surface area contributed by atoms with Crippen molar-refractivity contribution >= 4 is 11.8 Å². The summed E-state index contributed by atoms with van der Waals surface area (Å²) in [6.45, 7) is 0.0197. The van der Waals surface area contributed by atoms with Gasteiger partial charge < -0.3 is 0 Å². The van der Waals surface area contributed by atoms with Crippen LogP contribution in [0.25, 0.3) is 0 Å². The highest BCUT2D eigenvalue weighted by Crippen LogP contribution is 2.31. The molecule has 0 aliphatic carbocycles. The van der Waals surface area contributed by atoms with Crippen LogP contribution in [-0.2, 0) is 9.59 Å². The van der Waals surface area contributed by atoms with Crippen LogP contribution in [-0.4, -0.2) is 34.1 Å². The molecule has 0 aromatic carbocycles. The summed E-state index contributed by atoms with van der Waals surface area (Å²) in [6, 6.07) is 0. The number of amides is 2. The number of fused-ring (bicyclic) bond motifs is 1. The van der Waals surface area contributed by atoms with Crippen LogP contribution in [0.3, 0.4) is 0 Å². The first kappa shape index (κ1) is 7.51. The third-order valence-corrected chi connectivity index (χ3v) is 2.45. The lowest BCUT2D eigenvalue weighted by molar-refractivity contribution is -0.131. The molecule has 6 heteroatoms. The lowest BCUT2D eigenvalue weighted by Crippen LogP contribution is -2.61. The van der Waals surface area contributed by atoms with Gasteiger partial charge in [0.2, 0.25) is 5.91 Å². The zero-order valence-electron chi connectivity index (χ0n) is 6.49. The fourth-order valence-corrected chi connectivity index (χ4v) is 1.68. The van der Waals surface area contributed by atoms with Crippen molar-refractivity contribution in [1.82, 2.24) is 9.91 Å². The first-order valence-corrected chi connectivity index (χ1v) is 3.73. The van der Waals surface area contributed by atoms with Gasteiger partial charge in [-0.2, -0.15) is 0 Å². The number of hydrogen-bond donors (Lipinski definition) is 2. The topological polar surface area (TPSA) is 92.7 Å². The van der Waals surface area contributed by atoms with E-state index in [1.807, 2.05) is 0 Å². The largest absolute Gasteiger partial charge is 0.296 e. The van der Waals surface area contributed by atoms with E-state index in [0.717, 1.165) is 5.01 Å². The molecule has 2 saturated heterocycles. The summed E-state index contributed by atoms with van der Waals surface area (Å²) in [7, 11) is 0. The molecule has 6 nitrogen and oxygen atoms in total. The van der Waals surface area contributed by atoms with Gasteiger partial charge in [0.15, 0.2) is 5.79 Å². The summed E-state index contributed by atoms with van der Waals surface area (Å²) in [5.41, 5.74) is 5.77. The summed E-state index contributed by atoms with van der Waals surface area (Å²) >= 11 is 0. The highest BCUT2D eigenvalue weighted by molar-refractivity contribution is 5.90. The molecular weight excluding hydrogens is 160 g/mol. The number of carbonyl (C=O) groups is 2. The van der Waals surface area contributed by atoms with Crippen molar-refractivity contribution in [2.75, 3.05) is 6.54 Å². The Morgan fingerprint density at radius 3 is 2.58 bits per heavy atom. The molecule has 2 aliphatic rings. The Bertz CT molecular complexity index is 264. The Kier molecular flexibility index (Phi) is 1.23. The zero-order chi connectivity index (χ0) is 8.93. The molecule has 2 rings (SSSR count). The molecule has 0 saturated carbocycles. The maximum absolute atomic E-state index is 11.2. The van der Waals surface area contributed by atoms with Crippen LogP contribution in [0, 0.1) is 0 Å². The maximum Gasteiger partial charge on any atom is 0.259 e. The number of carbonyl (C=O) groups excluding carboxylic acids is 2. The van der Waals surface area contributed by atoms with Crippen LogP contribution in [0.1, 0.15) is 12.8 Å². The first-order valence-electron chi connectivity index (χ1n) is 3.73. The summed E-state index contributed by atoms with van der Waals surface area (Å²) in [6.07, 6.45) is 0.797. The van der Waals surface area contributed by atoms with Gasteiger partial charge in [0.05, 0.1) is 0 Å². The standard InChI is InChI=1S/C6H10N4O2/c7-6-2-1-4(11)9(6)3-5(12)10(6)8/h1-3,7-8H2/t6-/m0/s1. The molecular formula is C6H10N4O2. The molecule has 0 bridgehead atoms. The Hall–Kier alpha value is -1.14. The SMILES string of the molecule is NN1C(=O)CN2C(=O)CC[C@@]12N. The predicted octanol–water partition coefficient (Wildman–Crippen LogP) is -2.06. The second kappa shape index (κ2) is 1.96. The summed E-state index contributed by atoms with van der Waals surface area (Å²) in [4.78, 5) is 23.6. The summed E-state index contributed by atoms with van der Waals surface area (Å²) < 4.78 is 0. The molecule has 2 fully saturated rings. The zero-order valence-corrected chi connectivity index (χ0v) is 6.49. The highest BCUT2D eigenvalue weighted by atomic mass is 16.2. The van der Waals surface area contributed by atoms with Gasteiger partial charge >= 0.3 is 0 Å². The third-order valence-electron chi connectivity index (χ3n) is 2.45. The molecule has 2 aliphatic heterocycles. The minimum atomic E-state index is -1.05. The lowest BCUT2D eigenvalue weighted by atomic mass is 10.2. The van der Waals surface area contributed by atoms with E-state index in [9.17, 15) is 9.59 Å². The van der Waals surface area contributed by atoms with Gasteiger partial charge in [-0.15, -0.1) is 0 Å². The predicted molar refractivity (Wildman–Crippen MR) is 38.9 cm³/mol. The normalized spacial score (nSPS) is 34.8. The number of hydrogen-bond acceptors (Lipinski definition) is 4. The number of rotatable bonds is 0. The van der Waals surface area contributed by atoms with E-state index >= 15 is 0 Å². The minimum Gasteiger partial charge on any atom is -0.296 e. The van der Waals surface area contributed by atoms with Crippen molar-refractivity contribution in [1.29, 1.82) is 0 Å². The third kappa shape index (κ3) is 0.657. The molecule has 0 aromatic heterocycles. The van der Waals surface area contributed by atoms with Crippen LogP contribution >= 0.6 is 0 Å². The van der Waals surface area contributed by atoms with E-state index in [-0.39, 0.29) is 18.4 Å². The molecule has 12 heavy (non-hydrogen) atoms. The molecule has 1 atom stereocenters. The quantitative estimate of drug-likeness (QED) is 0.323. The van der Waals surface area contributed by atoms with Gasteiger partial charge in [0.25, 0.3) is 5.91 Å². The molecule has 2 amide bonds. The molecule has 0 unspecified atom stereocenters. The van der Waals surface area contributed by atoms with Crippen LogP contribution in [0.5, 0.6) is 0 Å². The van der Waals surface area contributed by atoms with Crippen molar-refractivity contribution in [3.63, 3.8) is 0 Å². The van der Waals surface area contributed by atoms with Gasteiger partial charge in [0.1, 0.15) is 6.54 Å². The van der Waals surface area contributed by atoms with E-state index in [0.29, 0.717) is 12.8 Å². The molecule has 0 spiro atoms. The fourth-order valence-electron chi connectivity index (χ4n) is 1.68. The Labute approximate surface area is 69.0 Å². The monoisotopic (exact) mass is 170 g/mol. The minimum absolute atomic E-state index is 0.0197. The molecule has 4 N–H and O–H groups in total. The van der Waals surface area contributed by atoms with Crippen LogP contribution in [0.15, 0.2) is 0 Å². The summed E-state index contributed by atoms with van der Waals surface area (Å²) in [5.74, 6) is 3.98. The Morgan fingerprint density at radius 2 is 2.00 bits per heavy atom. The molecule has 66 valence electrons. The van der Waals surface area contributed by atoms with Crippen molar-refractivity contribution in [3.8, 4) is 0 Å². The van der Waals surface area contributed by atoms with E-state index < -0.39 is 5.79 Å². The van der Waals surface area contributed by atoms with E-state index in [2.05, 4.69) is 0 Å². The van der Waals surface area contributed by atoms with Crippen LogP contribution in [0.2, 0.25) is 0 Å². The average molecular weight is 170 g/mol. The molecule has 0 radical (unpaired) electrons. The van der Waals surface area contributed by atoms with Crippen LogP contribution in [0.4, 0.5) is 0 Å². The number of nitrogens with two attached hydrogens (primary N) is 2. The fraction of sp³-hybridized carbons (Fsp3) is 0.667. The molecule has 2 heterocycles. The van der Waals surface area contributed by atoms with Gasteiger partial charge in [-0.1, -0.05) is 0 Å². The number of hydrazine groups is 1. The van der Waals surface area contributed by atoms with Crippen molar-refractivity contribution in [2.45, 2.75) is 18.6 Å². The highest BCUT2D eigenvalue weighted by Gasteiger charge is 2.53. The van der Waals surface area contributed by atoms with Gasteiger partial charge in [-0.25, -0.2) is 10.9 Å². The second-order valence-electron chi connectivity index (χ2n) is 3.12. The van der Waals surface area contributed by atoms with E-state index in [1.54, 1.807) is 0 Å². The Morgan fingerprint density at radius 1 is 1.33 bits per heavy atom. The van der Waals surface area contributed by atoms with Gasteiger partial charge in [0, 0.05) is 12.8 Å². The first-order chi connectivity index (χ1) is 5.55. The van der Waals surface area contributed by atoms with Crippen LogP contribution < -0.4 is 11.6 Å². The average Bonchev–Trinajstić information content (AvgIpc) is 2.42.